The number of rotatable bonds is 3. The molecule has 16 heavy (non-hydrogen) atoms. The summed E-state index contributed by atoms with van der Waals surface area (Å²) in [5.41, 5.74) is 2.03. The van der Waals surface area contributed by atoms with E-state index in [9.17, 15) is 4.79 Å². The Labute approximate surface area is 101 Å². The lowest BCUT2D eigenvalue weighted by atomic mass is 10.2. The van der Waals surface area contributed by atoms with Gasteiger partial charge in [0.1, 0.15) is 17.6 Å². The molecule has 0 unspecified atom stereocenters. The Morgan fingerprint density at radius 2 is 2.38 bits per heavy atom. The molecule has 0 aliphatic carbocycles. The monoisotopic (exact) mass is 257 g/mol. The third-order valence-electron chi connectivity index (χ3n) is 2.01. The number of ether oxygens (including phenoxy) is 1. The molecule has 0 amide bonds. The van der Waals surface area contributed by atoms with Crippen molar-refractivity contribution in [3.05, 3.63) is 17.2 Å². The van der Waals surface area contributed by atoms with Gasteiger partial charge < -0.3 is 10.1 Å². The zero-order valence-corrected chi connectivity index (χ0v) is 9.93. The average Bonchev–Trinajstić information content (AvgIpc) is 2.75. The summed E-state index contributed by atoms with van der Waals surface area (Å²) in [6, 6.07) is 3.50. The Morgan fingerprint density at radius 1 is 1.56 bits per heavy atom. The Kier molecular flexibility index (Phi) is 3.21. The van der Waals surface area contributed by atoms with Crippen molar-refractivity contribution in [2.24, 2.45) is 0 Å². The lowest BCUT2D eigenvalue weighted by Gasteiger charge is -2.06. The van der Waals surface area contributed by atoms with Crippen LogP contribution in [0.25, 0.3) is 11.0 Å². The van der Waals surface area contributed by atoms with E-state index in [4.69, 9.17) is 11.6 Å². The number of fused-ring (bicyclic) bond motifs is 1. The van der Waals surface area contributed by atoms with Crippen LogP contribution in [0.1, 0.15) is 0 Å². The number of nitrogens with zero attached hydrogens (tertiary/aromatic N) is 2. The summed E-state index contributed by atoms with van der Waals surface area (Å²) in [6.45, 7) is 0.0485. The van der Waals surface area contributed by atoms with E-state index >= 15 is 0 Å². The molecule has 0 radical (unpaired) electrons. The maximum Gasteiger partial charge on any atom is 0.325 e. The third-order valence-corrected chi connectivity index (χ3v) is 2.87. The number of aromatic nitrogens is 2. The van der Waals surface area contributed by atoms with Crippen molar-refractivity contribution in [2.75, 3.05) is 19.0 Å². The van der Waals surface area contributed by atoms with Gasteiger partial charge >= 0.3 is 5.97 Å². The van der Waals surface area contributed by atoms with E-state index in [0.717, 1.165) is 17.2 Å². The molecule has 0 aliphatic heterocycles. The highest BCUT2D eigenvalue weighted by atomic mass is 35.5. The van der Waals surface area contributed by atoms with Gasteiger partial charge in [0, 0.05) is 0 Å². The first kappa shape index (κ1) is 11.1. The molecule has 1 heterocycles. The second kappa shape index (κ2) is 4.63. The fourth-order valence-electron chi connectivity index (χ4n) is 1.23. The highest BCUT2D eigenvalue weighted by molar-refractivity contribution is 7.00. The summed E-state index contributed by atoms with van der Waals surface area (Å²) in [5, 5.41) is 3.39. The average molecular weight is 258 g/mol. The van der Waals surface area contributed by atoms with Gasteiger partial charge in [-0.1, -0.05) is 11.6 Å². The lowest BCUT2D eigenvalue weighted by Crippen LogP contribution is -2.15. The largest absolute Gasteiger partial charge is 0.468 e. The first-order valence-corrected chi connectivity index (χ1v) is 5.54. The first-order valence-electron chi connectivity index (χ1n) is 4.44. The van der Waals surface area contributed by atoms with Gasteiger partial charge in [0.05, 0.1) is 29.5 Å². The van der Waals surface area contributed by atoms with Crippen LogP contribution in [0, 0.1) is 0 Å². The van der Waals surface area contributed by atoms with Crippen molar-refractivity contribution < 1.29 is 9.53 Å². The molecule has 1 aromatic heterocycles. The molecule has 0 fully saturated rings. The number of halogens is 1. The van der Waals surface area contributed by atoms with E-state index in [1.54, 1.807) is 12.1 Å². The first-order chi connectivity index (χ1) is 7.72. The molecular formula is C9H8ClN3O2S. The summed E-state index contributed by atoms with van der Waals surface area (Å²) >= 11 is 7.11. The van der Waals surface area contributed by atoms with E-state index in [1.807, 2.05) is 0 Å². The van der Waals surface area contributed by atoms with Gasteiger partial charge in [-0.15, -0.1) is 0 Å². The molecule has 0 saturated carbocycles. The van der Waals surface area contributed by atoms with Crippen molar-refractivity contribution in [2.45, 2.75) is 0 Å². The third kappa shape index (κ3) is 2.07. The van der Waals surface area contributed by atoms with E-state index < -0.39 is 0 Å². The molecule has 1 N–H and O–H groups in total. The van der Waals surface area contributed by atoms with Gasteiger partial charge in [0.25, 0.3) is 0 Å². The van der Waals surface area contributed by atoms with Crippen LogP contribution in [-0.4, -0.2) is 28.4 Å². The number of hydrogen-bond donors (Lipinski definition) is 1. The van der Waals surface area contributed by atoms with Crippen LogP contribution >= 0.6 is 23.3 Å². The second-order valence-electron chi connectivity index (χ2n) is 2.98. The molecule has 0 saturated heterocycles. The summed E-state index contributed by atoms with van der Waals surface area (Å²) in [5.74, 6) is -0.365. The summed E-state index contributed by atoms with van der Waals surface area (Å²) in [6.07, 6.45) is 0. The number of carbonyl (C=O) groups excluding carboxylic acids is 1. The summed E-state index contributed by atoms with van der Waals surface area (Å²) in [4.78, 5) is 11.0. The number of esters is 1. The Balaban J connectivity index is 2.31. The van der Waals surface area contributed by atoms with E-state index in [2.05, 4.69) is 18.8 Å². The molecular weight excluding hydrogens is 250 g/mol. The molecule has 2 aromatic rings. The standard InChI is InChI=1S/C9H8ClN3O2S/c1-15-7(14)4-11-8-5(10)2-3-6-9(8)13-16-12-6/h2-3,11H,4H2,1H3. The van der Waals surface area contributed by atoms with Crippen LogP contribution in [0.15, 0.2) is 12.1 Å². The molecule has 7 heteroatoms. The fraction of sp³-hybridized carbons (Fsp3) is 0.222. The van der Waals surface area contributed by atoms with Crippen molar-refractivity contribution in [3.63, 3.8) is 0 Å². The molecule has 0 aliphatic rings. The Morgan fingerprint density at radius 3 is 3.12 bits per heavy atom. The van der Waals surface area contributed by atoms with Crippen molar-refractivity contribution in [1.82, 2.24) is 8.75 Å². The summed E-state index contributed by atoms with van der Waals surface area (Å²) < 4.78 is 12.7. The molecule has 2 rings (SSSR count). The molecule has 84 valence electrons. The van der Waals surface area contributed by atoms with Gasteiger partial charge in [-0.05, 0) is 12.1 Å². The number of hydrogen-bond acceptors (Lipinski definition) is 6. The van der Waals surface area contributed by atoms with Gasteiger partial charge in [-0.3, -0.25) is 4.79 Å². The quantitative estimate of drug-likeness (QED) is 0.852. The highest BCUT2D eigenvalue weighted by Crippen LogP contribution is 2.29. The topological polar surface area (TPSA) is 64.1 Å². The van der Waals surface area contributed by atoms with Crippen LogP contribution in [0.3, 0.4) is 0 Å². The molecule has 5 nitrogen and oxygen atoms in total. The minimum atomic E-state index is -0.365. The van der Waals surface area contributed by atoms with E-state index in [1.165, 1.54) is 7.11 Å². The molecule has 0 atom stereocenters. The van der Waals surface area contributed by atoms with Gasteiger partial charge in [0.2, 0.25) is 0 Å². The number of anilines is 1. The van der Waals surface area contributed by atoms with E-state index in [-0.39, 0.29) is 12.5 Å². The number of benzene rings is 1. The number of nitrogens with one attached hydrogen (secondary N) is 1. The summed E-state index contributed by atoms with van der Waals surface area (Å²) in [7, 11) is 1.33. The molecule has 0 bridgehead atoms. The normalized spacial score (nSPS) is 10.4. The minimum Gasteiger partial charge on any atom is -0.468 e. The lowest BCUT2D eigenvalue weighted by molar-refractivity contribution is -0.138. The van der Waals surface area contributed by atoms with Crippen molar-refractivity contribution in [1.29, 1.82) is 0 Å². The van der Waals surface area contributed by atoms with Gasteiger partial charge in [-0.25, -0.2) is 0 Å². The van der Waals surface area contributed by atoms with Crippen LogP contribution in [0.2, 0.25) is 5.02 Å². The predicted octanol–water partition coefficient (Wildman–Crippen LogP) is 1.93. The van der Waals surface area contributed by atoms with Gasteiger partial charge in [-0.2, -0.15) is 8.75 Å². The maximum absolute atomic E-state index is 11.0. The van der Waals surface area contributed by atoms with Crippen LogP contribution in [0.4, 0.5) is 5.69 Å². The SMILES string of the molecule is COC(=O)CNc1c(Cl)ccc2nsnc12. The molecule has 1 aromatic carbocycles. The minimum absolute atomic E-state index is 0.0485. The van der Waals surface area contributed by atoms with E-state index in [0.29, 0.717) is 16.2 Å². The van der Waals surface area contributed by atoms with Crippen LogP contribution in [0.5, 0.6) is 0 Å². The smallest absolute Gasteiger partial charge is 0.325 e. The van der Waals surface area contributed by atoms with Crippen molar-refractivity contribution >= 4 is 46.0 Å². The van der Waals surface area contributed by atoms with Crippen LogP contribution in [-0.2, 0) is 9.53 Å². The zero-order valence-electron chi connectivity index (χ0n) is 8.36. The highest BCUT2D eigenvalue weighted by Gasteiger charge is 2.10. The number of carbonyl (C=O) groups is 1. The van der Waals surface area contributed by atoms with Crippen LogP contribution < -0.4 is 5.32 Å². The zero-order chi connectivity index (χ0) is 11.5. The Hall–Kier alpha value is -1.40. The fourth-order valence-corrected chi connectivity index (χ4v) is 1.99. The van der Waals surface area contributed by atoms with Crippen molar-refractivity contribution in [3.8, 4) is 0 Å². The molecule has 0 spiro atoms. The second-order valence-corrected chi connectivity index (χ2v) is 3.92. The maximum atomic E-state index is 11.0. The predicted molar refractivity (Wildman–Crippen MR) is 62.9 cm³/mol. The number of methoxy groups -OCH3 is 1. The van der Waals surface area contributed by atoms with Gasteiger partial charge in [0.15, 0.2) is 0 Å². The Bertz CT molecular complexity index is 528.